The molecule has 1 aliphatic rings. The molecule has 1 aromatic heterocycles. The number of nitrogens with one attached hydrogen (secondary N) is 1. The minimum Gasteiger partial charge on any atom is -0.358 e. The van der Waals surface area contributed by atoms with Crippen molar-refractivity contribution < 1.29 is 9.18 Å². The molecule has 1 N–H and O–H groups in total. The Morgan fingerprint density at radius 2 is 2.00 bits per heavy atom. The summed E-state index contributed by atoms with van der Waals surface area (Å²) in [5, 5.41) is 3.78. The van der Waals surface area contributed by atoms with E-state index in [9.17, 15) is 9.18 Å². The Hall–Kier alpha value is -3.02. The lowest BCUT2D eigenvalue weighted by molar-refractivity contribution is -0.128. The van der Waals surface area contributed by atoms with Crippen molar-refractivity contribution in [3.8, 4) is 0 Å². The summed E-state index contributed by atoms with van der Waals surface area (Å²) >= 11 is 0. The maximum absolute atomic E-state index is 13.6. The zero-order valence-electron chi connectivity index (χ0n) is 14.9. The molecule has 138 valence electrons. The molecule has 1 unspecified atom stereocenters. The van der Waals surface area contributed by atoms with Crippen molar-refractivity contribution in [1.29, 1.82) is 0 Å². The fourth-order valence-corrected chi connectivity index (χ4v) is 3.52. The van der Waals surface area contributed by atoms with Gasteiger partial charge in [-0.15, -0.1) is 0 Å². The number of likely N-dealkylation sites (tertiary alicyclic amines) is 1. The second-order valence-electron chi connectivity index (χ2n) is 6.78. The maximum Gasteiger partial charge on any atom is 0.245 e. The van der Waals surface area contributed by atoms with Crippen molar-refractivity contribution in [3.63, 3.8) is 0 Å². The minimum absolute atomic E-state index is 0.0752. The number of halogens is 1. The van der Waals surface area contributed by atoms with Crippen LogP contribution in [-0.4, -0.2) is 39.9 Å². The van der Waals surface area contributed by atoms with Gasteiger partial charge in [-0.3, -0.25) is 4.79 Å². The smallest absolute Gasteiger partial charge is 0.245 e. The molecule has 5 nitrogen and oxygen atoms in total. The molecule has 0 aliphatic carbocycles. The van der Waals surface area contributed by atoms with E-state index in [0.717, 1.165) is 25.9 Å². The number of rotatable bonds is 6. The Labute approximate surface area is 157 Å². The number of amides is 1. The fraction of sp³-hybridized carbons (Fsp3) is 0.286. The third kappa shape index (κ3) is 3.89. The molecule has 1 atom stereocenters. The number of anilines is 1. The summed E-state index contributed by atoms with van der Waals surface area (Å²) in [5.74, 6) is 0.232. The average molecular weight is 364 g/mol. The monoisotopic (exact) mass is 364 g/mol. The molecule has 0 saturated carbocycles. The zero-order chi connectivity index (χ0) is 18.6. The first-order chi connectivity index (χ1) is 13.2. The highest BCUT2D eigenvalue weighted by atomic mass is 19.1. The van der Waals surface area contributed by atoms with E-state index in [1.165, 1.54) is 24.0 Å². The predicted molar refractivity (Wildman–Crippen MR) is 103 cm³/mol. The summed E-state index contributed by atoms with van der Waals surface area (Å²) in [7, 11) is 0. The largest absolute Gasteiger partial charge is 0.358 e. The molecule has 2 heterocycles. The highest BCUT2D eigenvalue weighted by Gasteiger charge is 2.31. The summed E-state index contributed by atoms with van der Waals surface area (Å²) < 4.78 is 13.6. The lowest BCUT2D eigenvalue weighted by Gasteiger charge is -2.17. The number of hydrogen-bond donors (Lipinski definition) is 1. The highest BCUT2D eigenvalue weighted by molar-refractivity contribution is 5.92. The summed E-state index contributed by atoms with van der Waals surface area (Å²) in [5.41, 5.74) is 1.94. The van der Waals surface area contributed by atoms with Gasteiger partial charge in [-0.25, -0.2) is 14.4 Å². The Morgan fingerprint density at radius 3 is 2.85 bits per heavy atom. The lowest BCUT2D eigenvalue weighted by Crippen LogP contribution is -2.34. The van der Waals surface area contributed by atoms with Crippen molar-refractivity contribution >= 4 is 22.6 Å². The number of fused-ring (bicyclic) bond motifs is 1. The standard InChI is InChI=1S/C21H21FN4O/c22-16-8-9-18-17(13-16)20(24-14-23-18)25-19-10-12-26(21(19)27)11-4-7-15-5-2-1-3-6-15/h1-3,5-6,8-9,13-14,19H,4,7,10-12H2,(H,23,24,25). The van der Waals surface area contributed by atoms with Crippen LogP contribution in [0.1, 0.15) is 18.4 Å². The first-order valence-corrected chi connectivity index (χ1v) is 9.20. The van der Waals surface area contributed by atoms with Crippen LogP contribution in [0, 0.1) is 5.82 Å². The van der Waals surface area contributed by atoms with Crippen LogP contribution in [0.3, 0.4) is 0 Å². The number of benzene rings is 2. The van der Waals surface area contributed by atoms with Crippen molar-refractivity contribution in [2.45, 2.75) is 25.3 Å². The van der Waals surface area contributed by atoms with Gasteiger partial charge in [0.1, 0.15) is 24.0 Å². The van der Waals surface area contributed by atoms with E-state index in [1.807, 2.05) is 23.1 Å². The van der Waals surface area contributed by atoms with Crippen molar-refractivity contribution in [3.05, 3.63) is 66.2 Å². The Bertz CT molecular complexity index is 947. The molecule has 1 fully saturated rings. The van der Waals surface area contributed by atoms with Crippen molar-refractivity contribution in [1.82, 2.24) is 14.9 Å². The molecule has 27 heavy (non-hydrogen) atoms. The SMILES string of the molecule is O=C1C(Nc2ncnc3ccc(F)cc23)CCN1CCCc1ccccc1. The number of aryl methyl sites for hydroxylation is 1. The highest BCUT2D eigenvalue weighted by Crippen LogP contribution is 2.23. The third-order valence-electron chi connectivity index (χ3n) is 4.94. The lowest BCUT2D eigenvalue weighted by atomic mass is 10.1. The van der Waals surface area contributed by atoms with Crippen molar-refractivity contribution in [2.24, 2.45) is 0 Å². The number of nitrogens with zero attached hydrogens (tertiary/aromatic N) is 3. The van der Waals surface area contributed by atoms with Crippen LogP contribution in [-0.2, 0) is 11.2 Å². The fourth-order valence-electron chi connectivity index (χ4n) is 3.52. The van der Waals surface area contributed by atoms with Crippen LogP contribution in [0.4, 0.5) is 10.2 Å². The predicted octanol–water partition coefficient (Wildman–Crippen LogP) is 3.41. The number of hydrogen-bond acceptors (Lipinski definition) is 4. The molecule has 0 radical (unpaired) electrons. The number of carbonyl (C=O) groups excluding carboxylic acids is 1. The third-order valence-corrected chi connectivity index (χ3v) is 4.94. The van der Waals surface area contributed by atoms with Gasteiger partial charge in [-0.2, -0.15) is 0 Å². The Morgan fingerprint density at radius 1 is 1.15 bits per heavy atom. The van der Waals surface area contributed by atoms with Gasteiger partial charge in [0.2, 0.25) is 5.91 Å². The van der Waals surface area contributed by atoms with E-state index in [4.69, 9.17) is 0 Å². The van der Waals surface area contributed by atoms with E-state index in [0.29, 0.717) is 23.1 Å². The molecule has 1 amide bonds. The summed E-state index contributed by atoms with van der Waals surface area (Å²) in [4.78, 5) is 23.0. The van der Waals surface area contributed by atoms with Gasteiger partial charge in [0.15, 0.2) is 0 Å². The van der Waals surface area contributed by atoms with E-state index >= 15 is 0 Å². The normalized spacial score (nSPS) is 16.9. The molecule has 6 heteroatoms. The van der Waals surface area contributed by atoms with Gasteiger partial charge in [0.05, 0.1) is 5.52 Å². The van der Waals surface area contributed by atoms with Gasteiger partial charge in [-0.1, -0.05) is 30.3 Å². The van der Waals surface area contributed by atoms with E-state index in [2.05, 4.69) is 27.4 Å². The van der Waals surface area contributed by atoms with Crippen LogP contribution >= 0.6 is 0 Å². The van der Waals surface area contributed by atoms with Gasteiger partial charge in [0.25, 0.3) is 0 Å². The van der Waals surface area contributed by atoms with Gasteiger partial charge < -0.3 is 10.2 Å². The molecule has 1 saturated heterocycles. The van der Waals surface area contributed by atoms with Gasteiger partial charge in [-0.05, 0) is 43.0 Å². The zero-order valence-corrected chi connectivity index (χ0v) is 14.9. The maximum atomic E-state index is 13.6. The molecule has 0 spiro atoms. The quantitative estimate of drug-likeness (QED) is 0.728. The van der Waals surface area contributed by atoms with Crippen LogP contribution in [0.25, 0.3) is 10.9 Å². The second-order valence-corrected chi connectivity index (χ2v) is 6.78. The first kappa shape index (κ1) is 17.4. The minimum atomic E-state index is -0.347. The molecular weight excluding hydrogens is 343 g/mol. The van der Waals surface area contributed by atoms with E-state index in [1.54, 1.807) is 6.07 Å². The topological polar surface area (TPSA) is 58.1 Å². The van der Waals surface area contributed by atoms with E-state index in [-0.39, 0.29) is 17.8 Å². The van der Waals surface area contributed by atoms with Crippen LogP contribution < -0.4 is 5.32 Å². The average Bonchev–Trinajstić information content (AvgIpc) is 3.03. The summed E-state index contributed by atoms with van der Waals surface area (Å²) in [6.07, 6.45) is 4.03. The van der Waals surface area contributed by atoms with Crippen LogP contribution in [0.2, 0.25) is 0 Å². The van der Waals surface area contributed by atoms with Crippen LogP contribution in [0.15, 0.2) is 54.9 Å². The molecule has 3 aromatic rings. The van der Waals surface area contributed by atoms with Gasteiger partial charge >= 0.3 is 0 Å². The van der Waals surface area contributed by atoms with Crippen molar-refractivity contribution in [2.75, 3.05) is 18.4 Å². The Balaban J connectivity index is 1.38. The molecule has 1 aliphatic heterocycles. The summed E-state index contributed by atoms with van der Waals surface area (Å²) in [6, 6.07) is 14.3. The number of aromatic nitrogens is 2. The molecule has 2 aromatic carbocycles. The first-order valence-electron chi connectivity index (χ1n) is 9.20. The molecule has 0 bridgehead atoms. The molecular formula is C21H21FN4O. The summed E-state index contributed by atoms with van der Waals surface area (Å²) in [6.45, 7) is 1.47. The second kappa shape index (κ2) is 7.70. The molecule has 4 rings (SSSR count). The number of carbonyl (C=O) groups is 1. The van der Waals surface area contributed by atoms with E-state index < -0.39 is 0 Å². The Kier molecular flexibility index (Phi) is 4.96. The van der Waals surface area contributed by atoms with Crippen LogP contribution in [0.5, 0.6) is 0 Å². The van der Waals surface area contributed by atoms with Gasteiger partial charge in [0, 0.05) is 18.5 Å².